The van der Waals surface area contributed by atoms with Gasteiger partial charge in [0.15, 0.2) is 0 Å². The van der Waals surface area contributed by atoms with Crippen molar-refractivity contribution in [3.8, 4) is 0 Å². The highest BCUT2D eigenvalue weighted by atomic mass is 16.1. The summed E-state index contributed by atoms with van der Waals surface area (Å²) in [4.78, 5) is 20.1. The summed E-state index contributed by atoms with van der Waals surface area (Å²) in [7, 11) is 0. The van der Waals surface area contributed by atoms with E-state index in [2.05, 4.69) is 15.3 Å². The number of hydrogen-bond donors (Lipinski definition) is 3. The molecule has 5 N–H and O–H groups in total. The zero-order valence-corrected chi connectivity index (χ0v) is 12.1. The molecule has 1 amide bonds. The molecule has 6 nitrogen and oxygen atoms in total. The first-order valence-corrected chi connectivity index (χ1v) is 6.76. The fraction of sp³-hybridized carbons (Fsp3) is 0.267. The number of carbonyl (C=O) groups is 1. The molecule has 0 aliphatic rings. The number of nitrogens with one attached hydrogen (secondary N) is 1. The third kappa shape index (κ3) is 3.28. The van der Waals surface area contributed by atoms with Crippen molar-refractivity contribution >= 4 is 17.7 Å². The predicted octanol–water partition coefficient (Wildman–Crippen LogP) is 1.57. The molecule has 0 unspecified atom stereocenters. The van der Waals surface area contributed by atoms with Gasteiger partial charge in [0.1, 0.15) is 11.9 Å². The normalized spacial score (nSPS) is 11.9. The number of primary amides is 1. The minimum atomic E-state index is -0.663. The maximum Gasteiger partial charge on any atom is 0.244 e. The van der Waals surface area contributed by atoms with Gasteiger partial charge in [0, 0.05) is 5.56 Å². The van der Waals surface area contributed by atoms with Crippen molar-refractivity contribution in [3.63, 3.8) is 0 Å². The van der Waals surface area contributed by atoms with E-state index in [1.54, 1.807) is 0 Å². The van der Waals surface area contributed by atoms with Crippen LogP contribution in [0.2, 0.25) is 0 Å². The molecule has 0 saturated carbocycles. The molecule has 2 rings (SSSR count). The van der Waals surface area contributed by atoms with Gasteiger partial charge >= 0.3 is 0 Å². The van der Waals surface area contributed by atoms with Crippen molar-refractivity contribution in [3.05, 3.63) is 47.2 Å². The highest BCUT2D eigenvalue weighted by Crippen LogP contribution is 2.23. The molecule has 0 bridgehead atoms. The van der Waals surface area contributed by atoms with Crippen molar-refractivity contribution < 1.29 is 4.79 Å². The van der Waals surface area contributed by atoms with Crippen molar-refractivity contribution in [1.82, 2.24) is 9.97 Å². The van der Waals surface area contributed by atoms with Gasteiger partial charge in [-0.25, -0.2) is 4.98 Å². The Hall–Kier alpha value is -2.63. The first-order chi connectivity index (χ1) is 10.0. The Bertz CT molecular complexity index is 642. The second kappa shape index (κ2) is 6.21. The quantitative estimate of drug-likeness (QED) is 0.773. The smallest absolute Gasteiger partial charge is 0.244 e. The van der Waals surface area contributed by atoms with Crippen molar-refractivity contribution in [1.29, 1.82) is 0 Å². The number of nitrogens with two attached hydrogens (primary N) is 2. The minimum absolute atomic E-state index is 0.177. The fourth-order valence-electron chi connectivity index (χ4n) is 2.17. The number of aryl methyl sites for hydroxylation is 1. The number of nitrogens with zero attached hydrogens (tertiary/aromatic N) is 2. The standard InChI is InChI=1S/C15H19N5O/c1-3-11-9(2)14(20-15(17)18-11)19-12(13(16)21)10-7-5-4-6-8-10/h4-8,12H,3H2,1-2H3,(H2,16,21)(H3,17,18,19,20)/t12-/m0/s1. The van der Waals surface area contributed by atoms with E-state index in [4.69, 9.17) is 11.5 Å². The predicted molar refractivity (Wildman–Crippen MR) is 82.6 cm³/mol. The lowest BCUT2D eigenvalue weighted by Crippen LogP contribution is -2.28. The molecule has 0 aliphatic heterocycles. The van der Waals surface area contributed by atoms with Gasteiger partial charge in [-0.2, -0.15) is 4.98 Å². The lowest BCUT2D eigenvalue weighted by Gasteiger charge is -2.19. The number of anilines is 2. The minimum Gasteiger partial charge on any atom is -0.368 e. The summed E-state index contributed by atoms with van der Waals surface area (Å²) < 4.78 is 0. The van der Waals surface area contributed by atoms with Crippen LogP contribution in [0.25, 0.3) is 0 Å². The third-order valence-electron chi connectivity index (χ3n) is 3.30. The fourth-order valence-corrected chi connectivity index (χ4v) is 2.17. The number of benzene rings is 1. The maximum absolute atomic E-state index is 11.7. The Morgan fingerprint density at radius 1 is 1.29 bits per heavy atom. The van der Waals surface area contributed by atoms with Gasteiger partial charge in [0.05, 0.1) is 5.69 Å². The summed E-state index contributed by atoms with van der Waals surface area (Å²) in [6.07, 6.45) is 0.736. The number of rotatable bonds is 5. The Kier molecular flexibility index (Phi) is 4.37. The van der Waals surface area contributed by atoms with E-state index in [1.165, 1.54) is 0 Å². The number of aromatic nitrogens is 2. The molecule has 1 heterocycles. The SMILES string of the molecule is CCc1nc(N)nc(N[C@H](C(N)=O)c2ccccc2)c1C. The molecule has 0 spiro atoms. The largest absolute Gasteiger partial charge is 0.368 e. The van der Waals surface area contributed by atoms with Crippen LogP contribution in [-0.2, 0) is 11.2 Å². The van der Waals surface area contributed by atoms with Crippen molar-refractivity contribution in [2.75, 3.05) is 11.1 Å². The van der Waals surface area contributed by atoms with Crippen LogP contribution >= 0.6 is 0 Å². The molecule has 110 valence electrons. The van der Waals surface area contributed by atoms with E-state index >= 15 is 0 Å². The average molecular weight is 285 g/mol. The molecule has 0 fully saturated rings. The van der Waals surface area contributed by atoms with Crippen molar-refractivity contribution in [2.45, 2.75) is 26.3 Å². The van der Waals surface area contributed by atoms with Crippen LogP contribution in [0, 0.1) is 6.92 Å². The molecular weight excluding hydrogens is 266 g/mol. The lowest BCUT2D eigenvalue weighted by molar-refractivity contribution is -0.118. The van der Waals surface area contributed by atoms with Crippen LogP contribution < -0.4 is 16.8 Å². The van der Waals surface area contributed by atoms with E-state index in [1.807, 2.05) is 44.2 Å². The van der Waals surface area contributed by atoms with E-state index < -0.39 is 11.9 Å². The molecule has 6 heteroatoms. The second-order valence-electron chi connectivity index (χ2n) is 4.75. The van der Waals surface area contributed by atoms with Crippen LogP contribution in [0.4, 0.5) is 11.8 Å². The van der Waals surface area contributed by atoms with Crippen LogP contribution in [0.5, 0.6) is 0 Å². The highest BCUT2D eigenvalue weighted by Gasteiger charge is 2.20. The van der Waals surface area contributed by atoms with Crippen LogP contribution in [-0.4, -0.2) is 15.9 Å². The average Bonchev–Trinajstić information content (AvgIpc) is 2.48. The third-order valence-corrected chi connectivity index (χ3v) is 3.30. The Morgan fingerprint density at radius 2 is 1.95 bits per heavy atom. The topological polar surface area (TPSA) is 107 Å². The van der Waals surface area contributed by atoms with Gasteiger partial charge in [-0.05, 0) is 18.9 Å². The molecular formula is C15H19N5O. The summed E-state index contributed by atoms with van der Waals surface area (Å²) in [6.45, 7) is 3.88. The summed E-state index contributed by atoms with van der Waals surface area (Å²) in [6, 6.07) is 8.59. The molecule has 0 saturated heterocycles. The number of amides is 1. The number of carbonyl (C=O) groups excluding carboxylic acids is 1. The van der Waals surface area contributed by atoms with Gasteiger partial charge in [-0.3, -0.25) is 4.79 Å². The molecule has 0 aliphatic carbocycles. The zero-order valence-electron chi connectivity index (χ0n) is 12.1. The Labute approximate surface area is 123 Å². The van der Waals surface area contributed by atoms with Crippen molar-refractivity contribution in [2.24, 2.45) is 5.73 Å². The summed E-state index contributed by atoms with van der Waals surface area (Å²) in [5, 5.41) is 3.07. The van der Waals surface area contributed by atoms with Crippen LogP contribution in [0.3, 0.4) is 0 Å². The van der Waals surface area contributed by atoms with E-state index in [-0.39, 0.29) is 5.95 Å². The molecule has 1 atom stereocenters. The summed E-state index contributed by atoms with van der Waals surface area (Å²) >= 11 is 0. The van der Waals surface area contributed by atoms with Gasteiger partial charge in [0.25, 0.3) is 0 Å². The van der Waals surface area contributed by atoms with Gasteiger partial charge in [0.2, 0.25) is 11.9 Å². The summed E-state index contributed by atoms with van der Waals surface area (Å²) in [5.74, 6) is 0.235. The van der Waals surface area contributed by atoms with Crippen LogP contribution in [0.1, 0.15) is 29.8 Å². The van der Waals surface area contributed by atoms with E-state index in [9.17, 15) is 4.79 Å². The molecule has 2 aromatic rings. The van der Waals surface area contributed by atoms with Gasteiger partial charge < -0.3 is 16.8 Å². The maximum atomic E-state index is 11.7. The molecule has 1 aromatic heterocycles. The first-order valence-electron chi connectivity index (χ1n) is 6.76. The number of hydrogen-bond acceptors (Lipinski definition) is 5. The first kappa shape index (κ1) is 14.8. The Balaban J connectivity index is 2.39. The number of nitrogen functional groups attached to an aromatic ring is 1. The molecule has 21 heavy (non-hydrogen) atoms. The summed E-state index contributed by atoms with van der Waals surface area (Å²) in [5.41, 5.74) is 13.7. The second-order valence-corrected chi connectivity index (χ2v) is 4.75. The van der Waals surface area contributed by atoms with Gasteiger partial charge in [-0.1, -0.05) is 37.3 Å². The zero-order chi connectivity index (χ0) is 15.4. The molecule has 0 radical (unpaired) electrons. The van der Waals surface area contributed by atoms with E-state index in [0.717, 1.165) is 23.2 Å². The monoisotopic (exact) mass is 285 g/mol. The van der Waals surface area contributed by atoms with Crippen LogP contribution in [0.15, 0.2) is 30.3 Å². The molecule has 1 aromatic carbocycles. The van der Waals surface area contributed by atoms with Gasteiger partial charge in [-0.15, -0.1) is 0 Å². The highest BCUT2D eigenvalue weighted by molar-refractivity contribution is 5.84. The Morgan fingerprint density at radius 3 is 2.52 bits per heavy atom. The van der Waals surface area contributed by atoms with E-state index in [0.29, 0.717) is 5.82 Å². The lowest BCUT2D eigenvalue weighted by atomic mass is 10.1.